The molecule has 1 atom stereocenters. The number of amides is 1. The van der Waals surface area contributed by atoms with Gasteiger partial charge in [0.05, 0.1) is 17.5 Å². The molecule has 1 aromatic rings. The first-order valence-electron chi connectivity index (χ1n) is 8.15. The van der Waals surface area contributed by atoms with Crippen molar-refractivity contribution in [3.8, 4) is 6.07 Å². The number of benzene rings is 1. The van der Waals surface area contributed by atoms with Crippen LogP contribution in [0.3, 0.4) is 0 Å². The van der Waals surface area contributed by atoms with Crippen molar-refractivity contribution in [2.75, 3.05) is 19.6 Å². The summed E-state index contributed by atoms with van der Waals surface area (Å²) in [4.78, 5) is 14.6. The standard InChI is InChI=1S/C17H23N3O3S/c1-3-14-5-4-10-20(12-14)17(21)15-7-6-13(2)16(11-15)24(22,23)19-9-8-18/h6-7,11,14,19H,3-5,9-10,12H2,1-2H3. The van der Waals surface area contributed by atoms with Crippen LogP contribution in [-0.2, 0) is 10.0 Å². The van der Waals surface area contributed by atoms with Gasteiger partial charge in [-0.1, -0.05) is 19.4 Å². The smallest absolute Gasteiger partial charge is 0.253 e. The van der Waals surface area contributed by atoms with Crippen LogP contribution in [0.15, 0.2) is 23.1 Å². The van der Waals surface area contributed by atoms with Crippen LogP contribution in [-0.4, -0.2) is 38.9 Å². The van der Waals surface area contributed by atoms with Crippen molar-refractivity contribution in [3.63, 3.8) is 0 Å². The molecule has 0 bridgehead atoms. The van der Waals surface area contributed by atoms with Crippen molar-refractivity contribution in [1.29, 1.82) is 5.26 Å². The summed E-state index contributed by atoms with van der Waals surface area (Å²) in [6.07, 6.45) is 3.15. The van der Waals surface area contributed by atoms with E-state index in [1.165, 1.54) is 6.07 Å². The van der Waals surface area contributed by atoms with E-state index in [1.54, 1.807) is 30.0 Å². The second kappa shape index (κ2) is 7.77. The third kappa shape index (κ3) is 4.13. The number of likely N-dealkylation sites (tertiary alicyclic amines) is 1. The maximum atomic E-state index is 12.7. The van der Waals surface area contributed by atoms with E-state index in [-0.39, 0.29) is 17.3 Å². The molecular weight excluding hydrogens is 326 g/mol. The Morgan fingerprint density at radius 1 is 1.46 bits per heavy atom. The number of carbonyl (C=O) groups excluding carboxylic acids is 1. The zero-order valence-corrected chi connectivity index (χ0v) is 14.9. The molecule has 0 aromatic heterocycles. The van der Waals surface area contributed by atoms with Gasteiger partial charge in [0.15, 0.2) is 0 Å². The van der Waals surface area contributed by atoms with E-state index in [1.807, 2.05) is 0 Å². The predicted octanol–water partition coefficient (Wildman–Crippen LogP) is 2.06. The van der Waals surface area contributed by atoms with E-state index in [9.17, 15) is 13.2 Å². The van der Waals surface area contributed by atoms with E-state index in [2.05, 4.69) is 11.6 Å². The van der Waals surface area contributed by atoms with Gasteiger partial charge in [-0.2, -0.15) is 9.98 Å². The van der Waals surface area contributed by atoms with Crippen molar-refractivity contribution in [2.45, 2.75) is 38.0 Å². The molecule has 1 aromatic carbocycles. The van der Waals surface area contributed by atoms with Gasteiger partial charge in [-0.15, -0.1) is 0 Å². The molecule has 6 nitrogen and oxygen atoms in total. The first-order chi connectivity index (χ1) is 11.4. The van der Waals surface area contributed by atoms with Gasteiger partial charge in [0.2, 0.25) is 10.0 Å². The van der Waals surface area contributed by atoms with E-state index in [0.717, 1.165) is 25.8 Å². The van der Waals surface area contributed by atoms with E-state index < -0.39 is 10.0 Å². The second-order valence-corrected chi connectivity index (χ2v) is 7.87. The molecule has 0 spiro atoms. The lowest BCUT2D eigenvalue weighted by atomic mass is 9.95. The lowest BCUT2D eigenvalue weighted by molar-refractivity contribution is 0.0671. The largest absolute Gasteiger partial charge is 0.338 e. The highest BCUT2D eigenvalue weighted by atomic mass is 32.2. The molecule has 1 aliphatic rings. The first-order valence-corrected chi connectivity index (χ1v) is 9.64. The van der Waals surface area contributed by atoms with E-state index in [4.69, 9.17) is 5.26 Å². The van der Waals surface area contributed by atoms with E-state index in [0.29, 0.717) is 23.6 Å². The number of carbonyl (C=O) groups is 1. The number of hydrogen-bond acceptors (Lipinski definition) is 4. The highest BCUT2D eigenvalue weighted by molar-refractivity contribution is 7.89. The van der Waals surface area contributed by atoms with E-state index >= 15 is 0 Å². The fraction of sp³-hybridized carbons (Fsp3) is 0.529. The summed E-state index contributed by atoms with van der Waals surface area (Å²) in [6.45, 7) is 4.92. The topological polar surface area (TPSA) is 90.3 Å². The van der Waals surface area contributed by atoms with Crippen LogP contribution < -0.4 is 4.72 Å². The summed E-state index contributed by atoms with van der Waals surface area (Å²) in [5.41, 5.74) is 0.914. The Bertz CT molecular complexity index is 753. The fourth-order valence-electron chi connectivity index (χ4n) is 2.99. The molecule has 1 aliphatic heterocycles. The highest BCUT2D eigenvalue weighted by Crippen LogP contribution is 2.23. The number of nitriles is 1. The van der Waals surface area contributed by atoms with Crippen molar-refractivity contribution in [1.82, 2.24) is 9.62 Å². The number of hydrogen-bond donors (Lipinski definition) is 1. The Labute approximate surface area is 143 Å². The Kier molecular flexibility index (Phi) is 5.97. The molecule has 1 N–H and O–H groups in total. The molecule has 130 valence electrons. The molecule has 1 fully saturated rings. The molecule has 7 heteroatoms. The summed E-state index contributed by atoms with van der Waals surface area (Å²) in [7, 11) is -3.80. The summed E-state index contributed by atoms with van der Waals surface area (Å²) in [5.74, 6) is 0.374. The van der Waals surface area contributed by atoms with Crippen LogP contribution >= 0.6 is 0 Å². The maximum Gasteiger partial charge on any atom is 0.253 e. The first kappa shape index (κ1) is 18.4. The molecular formula is C17H23N3O3S. The van der Waals surface area contributed by atoms with Crippen molar-refractivity contribution in [3.05, 3.63) is 29.3 Å². The molecule has 0 saturated carbocycles. The summed E-state index contributed by atoms with van der Waals surface area (Å²) >= 11 is 0. The van der Waals surface area contributed by atoms with Crippen molar-refractivity contribution < 1.29 is 13.2 Å². The van der Waals surface area contributed by atoms with Gasteiger partial charge in [-0.25, -0.2) is 8.42 Å². The van der Waals surface area contributed by atoms with Gasteiger partial charge in [0.1, 0.15) is 0 Å². The third-order valence-electron chi connectivity index (χ3n) is 4.45. The van der Waals surface area contributed by atoms with Gasteiger partial charge in [-0.3, -0.25) is 4.79 Å². The minimum atomic E-state index is -3.80. The monoisotopic (exact) mass is 349 g/mol. The van der Waals surface area contributed by atoms with Crippen LogP contribution in [0.5, 0.6) is 0 Å². The average molecular weight is 349 g/mol. The molecule has 1 amide bonds. The van der Waals surface area contributed by atoms with Crippen LogP contribution in [0.25, 0.3) is 0 Å². The van der Waals surface area contributed by atoms with Gasteiger partial charge >= 0.3 is 0 Å². The van der Waals surface area contributed by atoms with Gasteiger partial charge in [0.25, 0.3) is 5.91 Å². The maximum absolute atomic E-state index is 12.7. The molecule has 0 radical (unpaired) electrons. The quantitative estimate of drug-likeness (QED) is 0.824. The number of rotatable bonds is 5. The Morgan fingerprint density at radius 3 is 2.88 bits per heavy atom. The average Bonchev–Trinajstić information content (AvgIpc) is 2.59. The van der Waals surface area contributed by atoms with Gasteiger partial charge in [-0.05, 0) is 43.4 Å². The van der Waals surface area contributed by atoms with Crippen LogP contribution in [0.2, 0.25) is 0 Å². The SMILES string of the molecule is CCC1CCCN(C(=O)c2ccc(C)c(S(=O)(=O)NCC#N)c2)C1. The number of aryl methyl sites for hydroxylation is 1. The number of nitrogens with zero attached hydrogens (tertiary/aromatic N) is 2. The minimum absolute atomic E-state index is 0.0488. The summed E-state index contributed by atoms with van der Waals surface area (Å²) in [6, 6.07) is 6.46. The summed E-state index contributed by atoms with van der Waals surface area (Å²) in [5, 5.41) is 8.57. The highest BCUT2D eigenvalue weighted by Gasteiger charge is 2.25. The minimum Gasteiger partial charge on any atom is -0.338 e. The number of piperidine rings is 1. The molecule has 2 rings (SSSR count). The molecule has 1 saturated heterocycles. The van der Waals surface area contributed by atoms with Crippen LogP contribution in [0.1, 0.15) is 42.1 Å². The molecule has 1 heterocycles. The Morgan fingerprint density at radius 2 is 2.21 bits per heavy atom. The van der Waals surface area contributed by atoms with Crippen molar-refractivity contribution >= 4 is 15.9 Å². The Balaban J connectivity index is 2.27. The molecule has 1 unspecified atom stereocenters. The summed E-state index contributed by atoms with van der Waals surface area (Å²) < 4.78 is 26.8. The zero-order valence-electron chi connectivity index (χ0n) is 14.1. The predicted molar refractivity (Wildman–Crippen MR) is 90.9 cm³/mol. The molecule has 24 heavy (non-hydrogen) atoms. The van der Waals surface area contributed by atoms with Crippen molar-refractivity contribution in [2.24, 2.45) is 5.92 Å². The number of nitrogens with one attached hydrogen (secondary N) is 1. The normalized spacial score (nSPS) is 18.2. The number of sulfonamides is 1. The van der Waals surface area contributed by atoms with Crippen LogP contribution in [0, 0.1) is 24.2 Å². The Hall–Kier alpha value is -1.91. The molecule has 0 aliphatic carbocycles. The second-order valence-electron chi connectivity index (χ2n) is 6.13. The van der Waals surface area contributed by atoms with Gasteiger partial charge < -0.3 is 4.90 Å². The lowest BCUT2D eigenvalue weighted by Crippen LogP contribution is -2.39. The third-order valence-corrected chi connectivity index (χ3v) is 5.99. The fourth-order valence-corrected chi connectivity index (χ4v) is 4.18. The van der Waals surface area contributed by atoms with Crippen LogP contribution in [0.4, 0.5) is 0 Å². The van der Waals surface area contributed by atoms with Gasteiger partial charge in [0, 0.05) is 18.7 Å². The lowest BCUT2D eigenvalue weighted by Gasteiger charge is -2.32. The zero-order chi connectivity index (χ0) is 17.7.